The molecule has 0 saturated heterocycles. The summed E-state index contributed by atoms with van der Waals surface area (Å²) in [5.74, 6) is -3.12. The number of anilines is 1. The van der Waals surface area contributed by atoms with Gasteiger partial charge in [-0.05, 0) is 36.8 Å². The second-order valence-electron chi connectivity index (χ2n) is 4.62. The molecule has 0 radical (unpaired) electrons. The number of aliphatic hydroxyl groups is 1. The number of rotatable bonds is 4. The molecule has 0 saturated carbocycles. The molecular formula is C15H13F4NO. The molecule has 0 aliphatic heterocycles. The summed E-state index contributed by atoms with van der Waals surface area (Å²) in [6.45, 7) is 1.10. The third-order valence-electron chi connectivity index (χ3n) is 3.07. The van der Waals surface area contributed by atoms with Crippen molar-refractivity contribution in [2.45, 2.75) is 13.0 Å². The normalized spacial score (nSPS) is 12.3. The van der Waals surface area contributed by atoms with Crippen molar-refractivity contribution in [1.82, 2.24) is 0 Å². The van der Waals surface area contributed by atoms with E-state index in [0.29, 0.717) is 0 Å². The van der Waals surface area contributed by atoms with E-state index in [9.17, 15) is 22.7 Å². The van der Waals surface area contributed by atoms with E-state index in [1.807, 2.05) is 0 Å². The first kappa shape index (κ1) is 15.3. The fourth-order valence-electron chi connectivity index (χ4n) is 1.90. The minimum absolute atomic E-state index is 0.227. The number of nitrogens with one attached hydrogen (secondary N) is 1. The molecule has 0 aliphatic carbocycles. The lowest BCUT2D eigenvalue weighted by atomic mass is 10.1. The average molecular weight is 299 g/mol. The molecule has 0 aromatic heterocycles. The van der Waals surface area contributed by atoms with Crippen LogP contribution in [0.2, 0.25) is 0 Å². The summed E-state index contributed by atoms with van der Waals surface area (Å²) in [4.78, 5) is 0. The van der Waals surface area contributed by atoms with Gasteiger partial charge in [0.2, 0.25) is 0 Å². The topological polar surface area (TPSA) is 32.3 Å². The van der Waals surface area contributed by atoms with Crippen LogP contribution in [-0.2, 0) is 0 Å². The van der Waals surface area contributed by atoms with Gasteiger partial charge in [0.25, 0.3) is 0 Å². The summed E-state index contributed by atoms with van der Waals surface area (Å²) in [7, 11) is 0. The third-order valence-corrected chi connectivity index (χ3v) is 3.07. The van der Waals surface area contributed by atoms with Crippen LogP contribution in [0.1, 0.15) is 17.2 Å². The van der Waals surface area contributed by atoms with E-state index < -0.39 is 35.1 Å². The predicted octanol–water partition coefficient (Wildman–Crippen LogP) is 3.70. The van der Waals surface area contributed by atoms with Crippen LogP contribution in [0, 0.1) is 30.2 Å². The highest BCUT2D eigenvalue weighted by Crippen LogP contribution is 2.24. The summed E-state index contributed by atoms with van der Waals surface area (Å²) in [6.07, 6.45) is -1.44. The molecule has 0 fully saturated rings. The molecule has 21 heavy (non-hydrogen) atoms. The quantitative estimate of drug-likeness (QED) is 0.844. The molecule has 2 N–H and O–H groups in total. The van der Waals surface area contributed by atoms with E-state index in [1.54, 1.807) is 0 Å². The maximum atomic E-state index is 13.7. The van der Waals surface area contributed by atoms with E-state index in [1.165, 1.54) is 13.0 Å². The molecule has 6 heteroatoms. The first-order valence-electron chi connectivity index (χ1n) is 6.21. The molecule has 0 spiro atoms. The number of halogens is 4. The van der Waals surface area contributed by atoms with Crippen LogP contribution in [0.3, 0.4) is 0 Å². The van der Waals surface area contributed by atoms with Gasteiger partial charge < -0.3 is 10.4 Å². The zero-order valence-corrected chi connectivity index (χ0v) is 11.1. The Balaban J connectivity index is 2.17. The molecule has 2 aromatic rings. The van der Waals surface area contributed by atoms with Gasteiger partial charge in [-0.3, -0.25) is 0 Å². The van der Waals surface area contributed by atoms with E-state index in [-0.39, 0.29) is 17.7 Å². The van der Waals surface area contributed by atoms with E-state index in [4.69, 9.17) is 0 Å². The Kier molecular flexibility index (Phi) is 4.47. The smallest absolute Gasteiger partial charge is 0.152 e. The number of aliphatic hydroxyl groups excluding tert-OH is 1. The van der Waals surface area contributed by atoms with Crippen LogP contribution >= 0.6 is 0 Å². The fourth-order valence-corrected chi connectivity index (χ4v) is 1.90. The van der Waals surface area contributed by atoms with Crippen molar-refractivity contribution in [3.05, 3.63) is 64.7 Å². The van der Waals surface area contributed by atoms with Gasteiger partial charge in [-0.1, -0.05) is 6.07 Å². The highest BCUT2D eigenvalue weighted by atomic mass is 19.1. The Labute approximate surface area is 119 Å². The van der Waals surface area contributed by atoms with Crippen LogP contribution < -0.4 is 5.32 Å². The SMILES string of the molecule is Cc1ccc(F)c(NCC(O)c2cc(F)ccc2F)c1F. The van der Waals surface area contributed by atoms with Crippen LogP contribution in [0.5, 0.6) is 0 Å². The van der Waals surface area contributed by atoms with Crippen LogP contribution in [0.4, 0.5) is 23.2 Å². The van der Waals surface area contributed by atoms with Crippen LogP contribution in [0.15, 0.2) is 30.3 Å². The summed E-state index contributed by atoms with van der Waals surface area (Å²) in [6, 6.07) is 4.99. The minimum Gasteiger partial charge on any atom is -0.386 e. The molecule has 0 aliphatic rings. The van der Waals surface area contributed by atoms with Crippen molar-refractivity contribution in [3.63, 3.8) is 0 Å². The predicted molar refractivity (Wildman–Crippen MR) is 70.9 cm³/mol. The first-order valence-corrected chi connectivity index (χ1v) is 6.21. The third kappa shape index (κ3) is 3.33. The molecule has 1 atom stereocenters. The van der Waals surface area contributed by atoms with E-state index >= 15 is 0 Å². The zero-order chi connectivity index (χ0) is 15.6. The second-order valence-corrected chi connectivity index (χ2v) is 4.62. The van der Waals surface area contributed by atoms with Gasteiger partial charge in [0, 0.05) is 12.1 Å². The number of hydrogen-bond acceptors (Lipinski definition) is 2. The van der Waals surface area contributed by atoms with Crippen LogP contribution in [-0.4, -0.2) is 11.7 Å². The maximum absolute atomic E-state index is 13.7. The summed E-state index contributed by atoms with van der Waals surface area (Å²) in [5.41, 5.74) is -0.466. The standard InChI is InChI=1S/C15H13F4NO/c1-8-2-4-12(18)15(14(8)19)20-7-13(21)10-6-9(16)3-5-11(10)17/h2-6,13,20-21H,7H2,1H3. The second kappa shape index (κ2) is 6.13. The van der Waals surface area contributed by atoms with Gasteiger partial charge in [0.05, 0.1) is 6.10 Å². The van der Waals surface area contributed by atoms with Gasteiger partial charge in [0.15, 0.2) is 5.82 Å². The van der Waals surface area contributed by atoms with Crippen molar-refractivity contribution in [3.8, 4) is 0 Å². The van der Waals surface area contributed by atoms with Gasteiger partial charge in [0.1, 0.15) is 23.1 Å². The van der Waals surface area contributed by atoms with Crippen LogP contribution in [0.25, 0.3) is 0 Å². The van der Waals surface area contributed by atoms with Gasteiger partial charge in [-0.25, -0.2) is 17.6 Å². The Morgan fingerprint density at radius 1 is 1.05 bits per heavy atom. The monoisotopic (exact) mass is 299 g/mol. The van der Waals surface area contributed by atoms with Gasteiger partial charge in [-0.2, -0.15) is 0 Å². The molecule has 2 rings (SSSR count). The Bertz CT molecular complexity index is 660. The molecule has 0 heterocycles. The molecule has 0 bridgehead atoms. The van der Waals surface area contributed by atoms with Crippen molar-refractivity contribution in [2.24, 2.45) is 0 Å². The fraction of sp³-hybridized carbons (Fsp3) is 0.200. The van der Waals surface area contributed by atoms with Crippen molar-refractivity contribution < 1.29 is 22.7 Å². The molecule has 1 unspecified atom stereocenters. The Morgan fingerprint density at radius 3 is 2.43 bits per heavy atom. The number of benzene rings is 2. The molecule has 2 nitrogen and oxygen atoms in total. The highest BCUT2D eigenvalue weighted by molar-refractivity contribution is 5.49. The van der Waals surface area contributed by atoms with Gasteiger partial charge in [-0.15, -0.1) is 0 Å². The van der Waals surface area contributed by atoms with Crippen molar-refractivity contribution >= 4 is 5.69 Å². The summed E-state index contributed by atoms with van der Waals surface area (Å²) < 4.78 is 53.7. The maximum Gasteiger partial charge on any atom is 0.152 e. The molecule has 0 amide bonds. The molecule has 112 valence electrons. The zero-order valence-electron chi connectivity index (χ0n) is 11.1. The average Bonchev–Trinajstić information content (AvgIpc) is 2.45. The lowest BCUT2D eigenvalue weighted by Gasteiger charge is -2.15. The lowest BCUT2D eigenvalue weighted by Crippen LogP contribution is -2.15. The Hall–Kier alpha value is -2.08. The number of hydrogen-bond donors (Lipinski definition) is 2. The van der Waals surface area contributed by atoms with Crippen molar-refractivity contribution in [2.75, 3.05) is 11.9 Å². The summed E-state index contributed by atoms with van der Waals surface area (Å²) >= 11 is 0. The van der Waals surface area contributed by atoms with E-state index in [0.717, 1.165) is 24.3 Å². The molecular weight excluding hydrogens is 286 g/mol. The van der Waals surface area contributed by atoms with Gasteiger partial charge >= 0.3 is 0 Å². The molecule has 2 aromatic carbocycles. The lowest BCUT2D eigenvalue weighted by molar-refractivity contribution is 0.186. The summed E-state index contributed by atoms with van der Waals surface area (Å²) in [5, 5.41) is 12.2. The minimum atomic E-state index is -1.44. The first-order chi connectivity index (χ1) is 9.90. The number of aryl methyl sites for hydroxylation is 1. The van der Waals surface area contributed by atoms with Crippen molar-refractivity contribution in [1.29, 1.82) is 0 Å². The highest BCUT2D eigenvalue weighted by Gasteiger charge is 2.16. The van der Waals surface area contributed by atoms with E-state index in [2.05, 4.69) is 5.32 Å². The Morgan fingerprint density at radius 2 is 1.71 bits per heavy atom. The largest absolute Gasteiger partial charge is 0.386 e.